The van der Waals surface area contributed by atoms with Crippen molar-refractivity contribution >= 4 is 44.6 Å². The zero-order chi connectivity index (χ0) is 11.6. The minimum Gasteiger partial charge on any atom is -0.396 e. The fraction of sp³-hybridized carbons (Fsp3) is 0.250. The molecule has 0 amide bonds. The molecular formula is C8H10Cl2N2O2S. The third kappa shape index (κ3) is 3.15. The molecule has 4 nitrogen and oxygen atoms in total. The van der Waals surface area contributed by atoms with Crippen LogP contribution in [-0.2, 0) is 10.0 Å². The number of sulfonamides is 1. The number of rotatable bonds is 3. The fourth-order valence-corrected chi connectivity index (χ4v) is 2.00. The highest BCUT2D eigenvalue weighted by atomic mass is 35.5. The van der Waals surface area contributed by atoms with Crippen molar-refractivity contribution in [2.24, 2.45) is 0 Å². The number of hydrogen-bond donors (Lipinski definition) is 2. The van der Waals surface area contributed by atoms with Crippen molar-refractivity contribution in [1.82, 2.24) is 0 Å². The first kappa shape index (κ1) is 12.4. The molecule has 7 heteroatoms. The number of hydrogen-bond acceptors (Lipinski definition) is 3. The highest BCUT2D eigenvalue weighted by molar-refractivity contribution is 7.92. The minimum absolute atomic E-state index is 0.0212. The maximum Gasteiger partial charge on any atom is 0.232 e. The number of benzene rings is 1. The lowest BCUT2D eigenvalue weighted by Gasteiger charge is -2.08. The maximum atomic E-state index is 11.2. The average molecular weight is 269 g/mol. The van der Waals surface area contributed by atoms with Crippen molar-refractivity contribution in [3.63, 3.8) is 0 Å². The summed E-state index contributed by atoms with van der Waals surface area (Å²) in [6.07, 6.45) is 0. The van der Waals surface area contributed by atoms with Crippen LogP contribution >= 0.6 is 23.2 Å². The third-order valence-electron chi connectivity index (χ3n) is 1.73. The predicted octanol–water partition coefficient (Wildman–Crippen LogP) is 2.34. The second-order valence-corrected chi connectivity index (χ2v) is 5.68. The van der Waals surface area contributed by atoms with Gasteiger partial charge in [-0.3, -0.25) is 4.72 Å². The third-order valence-corrected chi connectivity index (χ3v) is 3.66. The molecule has 0 aliphatic carbocycles. The predicted molar refractivity (Wildman–Crippen MR) is 64.0 cm³/mol. The monoisotopic (exact) mass is 268 g/mol. The van der Waals surface area contributed by atoms with Crippen molar-refractivity contribution in [2.75, 3.05) is 16.2 Å². The standard InChI is InChI=1S/C8H10Cl2N2O2S/c1-2-15(13,14)12-5-3-6(9)8(11)7(10)4-5/h3-4,12H,2,11H2,1H3. The Balaban J connectivity index is 3.08. The Labute approximate surface area is 98.4 Å². The molecule has 0 unspecified atom stereocenters. The van der Waals surface area contributed by atoms with Crippen molar-refractivity contribution in [3.8, 4) is 0 Å². The van der Waals surface area contributed by atoms with E-state index in [0.717, 1.165) is 0 Å². The van der Waals surface area contributed by atoms with Gasteiger partial charge in [-0.2, -0.15) is 0 Å². The summed E-state index contributed by atoms with van der Waals surface area (Å²) in [4.78, 5) is 0. The molecule has 0 heterocycles. The lowest BCUT2D eigenvalue weighted by molar-refractivity contribution is 0.602. The molecule has 0 aliphatic rings. The Morgan fingerprint density at radius 1 is 1.33 bits per heavy atom. The van der Waals surface area contributed by atoms with Crippen LogP contribution in [0, 0.1) is 0 Å². The molecule has 0 radical (unpaired) electrons. The van der Waals surface area contributed by atoms with Gasteiger partial charge in [0.05, 0.1) is 27.2 Å². The molecule has 1 aromatic rings. The van der Waals surface area contributed by atoms with Gasteiger partial charge in [-0.05, 0) is 19.1 Å². The molecule has 0 aromatic heterocycles. The molecule has 0 spiro atoms. The Bertz CT molecular complexity index is 451. The highest BCUT2D eigenvalue weighted by Crippen LogP contribution is 2.31. The van der Waals surface area contributed by atoms with E-state index in [2.05, 4.69) is 4.72 Å². The van der Waals surface area contributed by atoms with Crippen LogP contribution in [-0.4, -0.2) is 14.2 Å². The Morgan fingerprint density at radius 2 is 1.80 bits per heavy atom. The second-order valence-electron chi connectivity index (χ2n) is 2.86. The van der Waals surface area contributed by atoms with Gasteiger partial charge in [-0.25, -0.2) is 8.42 Å². The number of anilines is 2. The first-order valence-electron chi connectivity index (χ1n) is 4.10. The van der Waals surface area contributed by atoms with Crippen molar-refractivity contribution in [1.29, 1.82) is 0 Å². The molecule has 1 aromatic carbocycles. The van der Waals surface area contributed by atoms with E-state index < -0.39 is 10.0 Å². The Morgan fingerprint density at radius 3 is 2.20 bits per heavy atom. The lowest BCUT2D eigenvalue weighted by Crippen LogP contribution is -2.14. The van der Waals surface area contributed by atoms with E-state index in [9.17, 15) is 8.42 Å². The molecule has 15 heavy (non-hydrogen) atoms. The van der Waals surface area contributed by atoms with Gasteiger partial charge in [0.15, 0.2) is 0 Å². The average Bonchev–Trinajstić information content (AvgIpc) is 2.13. The van der Waals surface area contributed by atoms with Crippen LogP contribution in [0.1, 0.15) is 6.92 Å². The van der Waals surface area contributed by atoms with E-state index in [1.54, 1.807) is 0 Å². The van der Waals surface area contributed by atoms with Crippen molar-refractivity contribution < 1.29 is 8.42 Å². The summed E-state index contributed by atoms with van der Waals surface area (Å²) in [5.41, 5.74) is 6.05. The van der Waals surface area contributed by atoms with Gasteiger partial charge in [-0.15, -0.1) is 0 Å². The SMILES string of the molecule is CCS(=O)(=O)Nc1cc(Cl)c(N)c(Cl)c1. The van der Waals surface area contributed by atoms with Crippen LogP contribution in [0.2, 0.25) is 10.0 Å². The molecule has 0 saturated heterocycles. The van der Waals surface area contributed by atoms with E-state index in [1.807, 2.05) is 0 Å². The summed E-state index contributed by atoms with van der Waals surface area (Å²) in [6, 6.07) is 2.83. The number of nitrogen functional groups attached to an aromatic ring is 1. The molecular weight excluding hydrogens is 259 g/mol. The zero-order valence-corrected chi connectivity index (χ0v) is 10.2. The van der Waals surface area contributed by atoms with Gasteiger partial charge in [0, 0.05) is 0 Å². The Hall–Kier alpha value is -0.650. The second kappa shape index (κ2) is 4.47. The zero-order valence-electron chi connectivity index (χ0n) is 7.92. The summed E-state index contributed by atoms with van der Waals surface area (Å²) in [5.74, 6) is -0.0212. The smallest absolute Gasteiger partial charge is 0.232 e. The van der Waals surface area contributed by atoms with Gasteiger partial charge in [0.2, 0.25) is 10.0 Å². The lowest BCUT2D eigenvalue weighted by atomic mass is 10.3. The van der Waals surface area contributed by atoms with Crippen LogP contribution in [0.25, 0.3) is 0 Å². The van der Waals surface area contributed by atoms with E-state index in [1.165, 1.54) is 19.1 Å². The molecule has 0 saturated carbocycles. The van der Waals surface area contributed by atoms with Crippen LogP contribution in [0.15, 0.2) is 12.1 Å². The number of halogens is 2. The van der Waals surface area contributed by atoms with E-state index in [-0.39, 0.29) is 21.5 Å². The maximum absolute atomic E-state index is 11.2. The molecule has 0 aliphatic heterocycles. The summed E-state index contributed by atoms with van der Waals surface area (Å²) >= 11 is 11.5. The summed E-state index contributed by atoms with van der Waals surface area (Å²) in [6.45, 7) is 1.53. The molecule has 3 N–H and O–H groups in total. The van der Waals surface area contributed by atoms with Gasteiger partial charge in [-0.1, -0.05) is 23.2 Å². The highest BCUT2D eigenvalue weighted by Gasteiger charge is 2.10. The van der Waals surface area contributed by atoms with E-state index >= 15 is 0 Å². The van der Waals surface area contributed by atoms with Gasteiger partial charge in [0.25, 0.3) is 0 Å². The van der Waals surface area contributed by atoms with Crippen LogP contribution in [0.3, 0.4) is 0 Å². The normalized spacial score (nSPS) is 11.4. The molecule has 0 fully saturated rings. The molecule has 0 atom stereocenters. The van der Waals surface area contributed by atoms with E-state index in [4.69, 9.17) is 28.9 Å². The molecule has 0 bridgehead atoms. The summed E-state index contributed by atoms with van der Waals surface area (Å²) in [7, 11) is -3.33. The minimum atomic E-state index is -3.33. The Kier molecular flexibility index (Phi) is 3.70. The van der Waals surface area contributed by atoms with Gasteiger partial charge in [0.1, 0.15) is 0 Å². The topological polar surface area (TPSA) is 72.2 Å². The quantitative estimate of drug-likeness (QED) is 0.827. The van der Waals surface area contributed by atoms with Crippen LogP contribution in [0.5, 0.6) is 0 Å². The largest absolute Gasteiger partial charge is 0.396 e. The van der Waals surface area contributed by atoms with Gasteiger partial charge >= 0.3 is 0 Å². The van der Waals surface area contributed by atoms with Crippen molar-refractivity contribution in [2.45, 2.75) is 6.92 Å². The van der Waals surface area contributed by atoms with E-state index in [0.29, 0.717) is 5.69 Å². The van der Waals surface area contributed by atoms with Gasteiger partial charge < -0.3 is 5.73 Å². The van der Waals surface area contributed by atoms with Crippen LogP contribution in [0.4, 0.5) is 11.4 Å². The first-order valence-corrected chi connectivity index (χ1v) is 6.51. The summed E-state index contributed by atoms with van der Waals surface area (Å²) in [5, 5.41) is 0.438. The summed E-state index contributed by atoms with van der Waals surface area (Å²) < 4.78 is 24.8. The number of nitrogens with one attached hydrogen (secondary N) is 1. The fourth-order valence-electron chi connectivity index (χ4n) is 0.895. The molecule has 1 rings (SSSR count). The van der Waals surface area contributed by atoms with Crippen LogP contribution < -0.4 is 10.5 Å². The molecule has 84 valence electrons. The number of nitrogens with two attached hydrogens (primary N) is 1. The van der Waals surface area contributed by atoms with Crippen molar-refractivity contribution in [3.05, 3.63) is 22.2 Å². The first-order chi connectivity index (χ1) is 6.85.